The zero-order valence-electron chi connectivity index (χ0n) is 14.2. The molecule has 136 valence electrons. The number of hydrogen-bond donors (Lipinski definition) is 2. The van der Waals surface area contributed by atoms with Crippen LogP contribution in [-0.2, 0) is 21.2 Å². The molecule has 0 bridgehead atoms. The number of thiophene rings is 1. The third-order valence-electron chi connectivity index (χ3n) is 3.59. The smallest absolute Gasteiger partial charge is 0.250 e. The first-order valence-corrected chi connectivity index (χ1v) is 11.7. The molecule has 0 aliphatic rings. The lowest BCUT2D eigenvalue weighted by Crippen LogP contribution is -2.43. The van der Waals surface area contributed by atoms with Crippen LogP contribution in [0.15, 0.2) is 46.0 Å². The van der Waals surface area contributed by atoms with Crippen LogP contribution in [0.25, 0.3) is 0 Å². The van der Waals surface area contributed by atoms with Gasteiger partial charge in [0.25, 0.3) is 10.0 Å². The van der Waals surface area contributed by atoms with Gasteiger partial charge in [-0.3, -0.25) is 4.79 Å². The van der Waals surface area contributed by atoms with E-state index in [0.717, 1.165) is 23.3 Å². The van der Waals surface area contributed by atoms with Crippen LogP contribution in [0.5, 0.6) is 0 Å². The molecule has 0 unspecified atom stereocenters. The third-order valence-corrected chi connectivity index (χ3v) is 7.10. The number of amides is 1. The highest BCUT2D eigenvalue weighted by Crippen LogP contribution is 2.18. The Bertz CT molecular complexity index is 789. The first-order valence-electron chi connectivity index (χ1n) is 7.91. The van der Waals surface area contributed by atoms with Crippen LogP contribution in [0.3, 0.4) is 0 Å². The zero-order valence-corrected chi connectivity index (χ0v) is 16.6. The quantitative estimate of drug-likeness (QED) is 0.679. The number of rotatable bonds is 9. The summed E-state index contributed by atoms with van der Waals surface area (Å²) in [6, 6.07) is 9.95. The lowest BCUT2D eigenvalue weighted by Gasteiger charge is -2.18. The Morgan fingerprint density at radius 3 is 2.72 bits per heavy atom. The van der Waals surface area contributed by atoms with Crippen LogP contribution >= 0.6 is 23.1 Å². The van der Waals surface area contributed by atoms with E-state index in [4.69, 9.17) is 0 Å². The molecular weight excluding hydrogens is 376 g/mol. The fourth-order valence-electron chi connectivity index (χ4n) is 2.24. The van der Waals surface area contributed by atoms with Crippen LogP contribution < -0.4 is 10.0 Å². The lowest BCUT2D eigenvalue weighted by atomic mass is 10.1. The van der Waals surface area contributed by atoms with Gasteiger partial charge in [0, 0.05) is 5.69 Å². The van der Waals surface area contributed by atoms with Gasteiger partial charge in [0.05, 0.1) is 0 Å². The molecule has 1 amide bonds. The molecule has 1 aromatic heterocycles. The Kier molecular flexibility index (Phi) is 7.49. The second-order valence-corrected chi connectivity index (χ2v) is 9.30. The molecule has 8 heteroatoms. The van der Waals surface area contributed by atoms with Gasteiger partial charge in [-0.15, -0.1) is 11.3 Å². The van der Waals surface area contributed by atoms with Crippen molar-refractivity contribution < 1.29 is 13.2 Å². The fourth-order valence-corrected chi connectivity index (χ4v) is 4.95. The molecule has 0 saturated carbocycles. The van der Waals surface area contributed by atoms with Crippen molar-refractivity contribution in [3.05, 3.63) is 47.3 Å². The van der Waals surface area contributed by atoms with Crippen LogP contribution in [0.1, 0.15) is 18.9 Å². The van der Waals surface area contributed by atoms with Gasteiger partial charge < -0.3 is 5.32 Å². The monoisotopic (exact) mass is 398 g/mol. The van der Waals surface area contributed by atoms with Gasteiger partial charge in [-0.05, 0) is 54.0 Å². The van der Waals surface area contributed by atoms with Crippen molar-refractivity contribution in [2.24, 2.45) is 0 Å². The number of carbonyl (C=O) groups is 1. The zero-order chi connectivity index (χ0) is 18.3. The largest absolute Gasteiger partial charge is 0.325 e. The maximum atomic E-state index is 12.6. The fraction of sp³-hybridized carbons (Fsp3) is 0.353. The summed E-state index contributed by atoms with van der Waals surface area (Å²) in [4.78, 5) is 12.6. The topological polar surface area (TPSA) is 75.3 Å². The van der Waals surface area contributed by atoms with Gasteiger partial charge >= 0.3 is 0 Å². The van der Waals surface area contributed by atoms with E-state index in [1.54, 1.807) is 29.3 Å². The second kappa shape index (κ2) is 9.38. The highest BCUT2D eigenvalue weighted by atomic mass is 32.2. The maximum absolute atomic E-state index is 12.6. The lowest BCUT2D eigenvalue weighted by molar-refractivity contribution is -0.117. The second-order valence-electron chi connectivity index (χ2n) is 5.43. The minimum absolute atomic E-state index is 0.211. The number of anilines is 1. The van der Waals surface area contributed by atoms with Crippen LogP contribution in [0.4, 0.5) is 5.69 Å². The normalized spacial score (nSPS) is 12.7. The van der Waals surface area contributed by atoms with Gasteiger partial charge in [-0.25, -0.2) is 8.42 Å². The standard InChI is InChI=1S/C17H22N2O3S3/c1-3-13-6-4-7-14(12-13)18-17(20)15(9-11-23-2)19-25(21,22)16-8-5-10-24-16/h4-8,10,12,15,19H,3,9,11H2,1-2H3,(H,18,20)/t15-/m1/s1. The van der Waals surface area contributed by atoms with E-state index in [9.17, 15) is 13.2 Å². The molecule has 0 radical (unpaired) electrons. The molecule has 0 spiro atoms. The molecule has 2 aromatic rings. The van der Waals surface area contributed by atoms with Crippen molar-refractivity contribution in [2.75, 3.05) is 17.3 Å². The summed E-state index contributed by atoms with van der Waals surface area (Å²) < 4.78 is 27.6. The molecule has 25 heavy (non-hydrogen) atoms. The van der Waals surface area contributed by atoms with Crippen molar-refractivity contribution in [1.29, 1.82) is 0 Å². The van der Waals surface area contributed by atoms with E-state index >= 15 is 0 Å². The van der Waals surface area contributed by atoms with Gasteiger partial charge in [-0.2, -0.15) is 16.5 Å². The molecule has 5 nitrogen and oxygen atoms in total. The molecule has 2 rings (SSSR count). The molecule has 2 N–H and O–H groups in total. The minimum Gasteiger partial charge on any atom is -0.325 e. The van der Waals surface area contributed by atoms with Gasteiger partial charge in [0.2, 0.25) is 5.91 Å². The molecular formula is C17H22N2O3S3. The molecule has 0 aliphatic carbocycles. The first kappa shape index (κ1) is 20.0. The van der Waals surface area contributed by atoms with E-state index in [0.29, 0.717) is 17.9 Å². The summed E-state index contributed by atoms with van der Waals surface area (Å²) in [6.07, 6.45) is 3.21. The van der Waals surface area contributed by atoms with Gasteiger partial charge in [0.1, 0.15) is 10.3 Å². The average Bonchev–Trinajstić information content (AvgIpc) is 3.14. The Labute approximate surface area is 157 Å². The summed E-state index contributed by atoms with van der Waals surface area (Å²) in [5, 5.41) is 4.52. The average molecular weight is 399 g/mol. The highest BCUT2D eigenvalue weighted by molar-refractivity contribution is 7.98. The van der Waals surface area contributed by atoms with Gasteiger partial charge in [-0.1, -0.05) is 25.1 Å². The Balaban J connectivity index is 2.14. The first-order chi connectivity index (χ1) is 12.0. The Hall–Kier alpha value is -1.35. The number of aryl methyl sites for hydroxylation is 1. The third kappa shape index (κ3) is 5.85. The van der Waals surface area contributed by atoms with Crippen LogP contribution in [0, 0.1) is 0 Å². The predicted octanol–water partition coefficient (Wildman–Crippen LogP) is 3.35. The summed E-state index contributed by atoms with van der Waals surface area (Å²) in [5.74, 6) is 0.336. The summed E-state index contributed by atoms with van der Waals surface area (Å²) in [6.45, 7) is 2.04. The summed E-state index contributed by atoms with van der Waals surface area (Å²) in [5.41, 5.74) is 1.78. The number of nitrogens with one attached hydrogen (secondary N) is 2. The Morgan fingerprint density at radius 2 is 2.08 bits per heavy atom. The van der Waals surface area contributed by atoms with Crippen molar-refractivity contribution in [1.82, 2.24) is 4.72 Å². The molecule has 1 heterocycles. The van der Waals surface area contributed by atoms with Crippen molar-refractivity contribution in [2.45, 2.75) is 30.0 Å². The number of thioether (sulfide) groups is 1. The van der Waals surface area contributed by atoms with Gasteiger partial charge in [0.15, 0.2) is 0 Å². The molecule has 0 aliphatic heterocycles. The molecule has 1 aromatic carbocycles. The highest BCUT2D eigenvalue weighted by Gasteiger charge is 2.26. The Morgan fingerprint density at radius 1 is 1.28 bits per heavy atom. The maximum Gasteiger partial charge on any atom is 0.250 e. The van der Waals surface area contributed by atoms with Crippen molar-refractivity contribution in [3.8, 4) is 0 Å². The van der Waals surface area contributed by atoms with E-state index in [-0.39, 0.29) is 10.1 Å². The van der Waals surface area contributed by atoms with E-state index < -0.39 is 16.1 Å². The summed E-state index contributed by atoms with van der Waals surface area (Å²) >= 11 is 2.70. The summed E-state index contributed by atoms with van der Waals surface area (Å²) in [7, 11) is -3.70. The molecule has 0 fully saturated rings. The van der Waals surface area contributed by atoms with E-state index in [1.807, 2.05) is 31.4 Å². The predicted molar refractivity (Wildman–Crippen MR) is 106 cm³/mol. The minimum atomic E-state index is -3.70. The number of hydrogen-bond acceptors (Lipinski definition) is 5. The molecule has 0 saturated heterocycles. The number of sulfonamides is 1. The number of benzene rings is 1. The van der Waals surface area contributed by atoms with Crippen LogP contribution in [-0.4, -0.2) is 32.4 Å². The molecule has 1 atom stereocenters. The van der Waals surface area contributed by atoms with E-state index in [2.05, 4.69) is 10.0 Å². The van der Waals surface area contributed by atoms with Crippen molar-refractivity contribution in [3.63, 3.8) is 0 Å². The number of carbonyl (C=O) groups excluding carboxylic acids is 1. The van der Waals surface area contributed by atoms with Crippen molar-refractivity contribution >= 4 is 44.7 Å². The van der Waals surface area contributed by atoms with Crippen LogP contribution in [0.2, 0.25) is 0 Å². The van der Waals surface area contributed by atoms with E-state index in [1.165, 1.54) is 6.07 Å². The SMILES string of the molecule is CCc1cccc(NC(=O)[C@@H](CCSC)NS(=O)(=O)c2cccs2)c1.